The smallest absolute Gasteiger partial charge is 0.349 e. The SMILES string of the molecule is C[Si]1(C)CCC(NC(=O)c2cc3c(F)c(C(F)(F)F)ncc3[nH]2)CC1. The first-order valence-corrected chi connectivity index (χ1v) is 11.5. The number of pyridine rings is 1. The number of nitrogens with one attached hydrogen (secondary N) is 2. The predicted octanol–water partition coefficient (Wildman–Crippen LogP) is 4.32. The Balaban J connectivity index is 1.80. The average molecular weight is 373 g/mol. The number of carbonyl (C=O) groups is 1. The molecule has 9 heteroatoms. The number of hydrogen-bond donors (Lipinski definition) is 2. The summed E-state index contributed by atoms with van der Waals surface area (Å²) in [6.45, 7) is 4.63. The van der Waals surface area contributed by atoms with Crippen LogP contribution < -0.4 is 5.32 Å². The number of hydrogen-bond acceptors (Lipinski definition) is 2. The monoisotopic (exact) mass is 373 g/mol. The van der Waals surface area contributed by atoms with E-state index in [1.54, 1.807) is 0 Å². The van der Waals surface area contributed by atoms with Crippen molar-refractivity contribution in [1.82, 2.24) is 15.3 Å². The molecule has 0 aromatic carbocycles. The summed E-state index contributed by atoms with van der Waals surface area (Å²) in [4.78, 5) is 18.1. The Morgan fingerprint density at radius 1 is 1.32 bits per heavy atom. The standard InChI is InChI=1S/C16H19F4N3OSi/c1-25(2)5-3-9(4-6-25)22-15(24)11-7-10-12(23-11)8-21-14(13(10)17)16(18,19)20/h7-9,23H,3-6H2,1-2H3,(H,22,24). The summed E-state index contributed by atoms with van der Waals surface area (Å²) in [5, 5.41) is 2.60. The maximum atomic E-state index is 14.1. The quantitative estimate of drug-likeness (QED) is 0.608. The average Bonchev–Trinajstić information content (AvgIpc) is 2.94. The molecular formula is C16H19F4N3OSi. The van der Waals surface area contributed by atoms with Gasteiger partial charge in [-0.2, -0.15) is 13.2 Å². The second kappa shape index (κ2) is 6.12. The molecular weight excluding hydrogens is 354 g/mol. The number of nitrogens with zero attached hydrogens (tertiary/aromatic N) is 1. The molecule has 136 valence electrons. The van der Waals surface area contributed by atoms with Crippen LogP contribution in [0.2, 0.25) is 25.2 Å². The van der Waals surface area contributed by atoms with Crippen molar-refractivity contribution in [1.29, 1.82) is 0 Å². The first-order valence-electron chi connectivity index (χ1n) is 8.12. The molecule has 4 nitrogen and oxygen atoms in total. The minimum atomic E-state index is -4.88. The van der Waals surface area contributed by atoms with Gasteiger partial charge < -0.3 is 10.3 Å². The molecule has 2 aromatic heterocycles. The molecule has 3 rings (SSSR count). The first-order chi connectivity index (χ1) is 11.6. The number of carbonyl (C=O) groups excluding carboxylic acids is 1. The van der Waals surface area contributed by atoms with Crippen LogP contribution in [-0.4, -0.2) is 30.0 Å². The van der Waals surface area contributed by atoms with Crippen molar-refractivity contribution >= 4 is 24.9 Å². The molecule has 0 radical (unpaired) electrons. The van der Waals surface area contributed by atoms with E-state index in [1.165, 1.54) is 0 Å². The molecule has 2 aromatic rings. The summed E-state index contributed by atoms with van der Waals surface area (Å²) in [5.74, 6) is -1.90. The van der Waals surface area contributed by atoms with Gasteiger partial charge in [0.15, 0.2) is 11.5 Å². The Kier molecular flexibility index (Phi) is 4.38. The molecule has 0 bridgehead atoms. The highest BCUT2D eigenvalue weighted by atomic mass is 28.3. The molecule has 1 fully saturated rings. The zero-order valence-corrected chi connectivity index (χ0v) is 14.9. The van der Waals surface area contributed by atoms with Gasteiger partial charge in [0.25, 0.3) is 5.91 Å². The molecule has 1 saturated heterocycles. The van der Waals surface area contributed by atoms with E-state index in [9.17, 15) is 22.4 Å². The summed E-state index contributed by atoms with van der Waals surface area (Å²) in [6.07, 6.45) is -2.18. The molecule has 0 atom stereocenters. The second-order valence-corrected chi connectivity index (χ2v) is 12.7. The van der Waals surface area contributed by atoms with Gasteiger partial charge in [-0.05, 0) is 18.9 Å². The summed E-state index contributed by atoms with van der Waals surface area (Å²) in [5.41, 5.74) is -1.48. The van der Waals surface area contributed by atoms with Crippen molar-refractivity contribution in [2.24, 2.45) is 0 Å². The van der Waals surface area contributed by atoms with Crippen LogP contribution in [0, 0.1) is 5.82 Å². The van der Waals surface area contributed by atoms with Crippen molar-refractivity contribution < 1.29 is 22.4 Å². The van der Waals surface area contributed by atoms with Crippen LogP contribution in [-0.2, 0) is 6.18 Å². The second-order valence-electron chi connectivity index (χ2n) is 7.34. The molecule has 0 spiro atoms. The van der Waals surface area contributed by atoms with Gasteiger partial charge in [0.2, 0.25) is 0 Å². The van der Waals surface area contributed by atoms with E-state index in [1.807, 2.05) is 0 Å². The summed E-state index contributed by atoms with van der Waals surface area (Å²) < 4.78 is 52.2. The lowest BCUT2D eigenvalue weighted by Crippen LogP contribution is -2.42. The molecule has 1 aliphatic rings. The van der Waals surface area contributed by atoms with Crippen molar-refractivity contribution in [3.63, 3.8) is 0 Å². The Labute approximate surface area is 143 Å². The molecule has 0 aliphatic carbocycles. The number of amides is 1. The van der Waals surface area contributed by atoms with Gasteiger partial charge in [-0.15, -0.1) is 0 Å². The van der Waals surface area contributed by atoms with Crippen LogP contribution in [0.4, 0.5) is 17.6 Å². The van der Waals surface area contributed by atoms with E-state index in [4.69, 9.17) is 0 Å². The lowest BCUT2D eigenvalue weighted by Gasteiger charge is -2.33. The number of aromatic amines is 1. The number of fused-ring (bicyclic) bond motifs is 1. The van der Waals surface area contributed by atoms with Gasteiger partial charge in [0.1, 0.15) is 5.69 Å². The summed E-state index contributed by atoms with van der Waals surface area (Å²) in [7, 11) is -1.14. The fourth-order valence-corrected chi connectivity index (χ4v) is 5.70. The Morgan fingerprint density at radius 3 is 2.56 bits per heavy atom. The number of halogens is 4. The highest BCUT2D eigenvalue weighted by Gasteiger charge is 2.37. The normalized spacial score (nSPS) is 18.5. The van der Waals surface area contributed by atoms with Gasteiger partial charge in [0, 0.05) is 19.5 Å². The molecule has 2 N–H and O–H groups in total. The van der Waals surface area contributed by atoms with E-state index in [0.717, 1.165) is 37.2 Å². The fraction of sp³-hybridized carbons (Fsp3) is 0.500. The van der Waals surface area contributed by atoms with Gasteiger partial charge in [-0.1, -0.05) is 25.2 Å². The van der Waals surface area contributed by atoms with E-state index in [-0.39, 0.29) is 22.6 Å². The van der Waals surface area contributed by atoms with Crippen LogP contribution in [0.5, 0.6) is 0 Å². The highest BCUT2D eigenvalue weighted by Crippen LogP contribution is 2.33. The van der Waals surface area contributed by atoms with Gasteiger partial charge >= 0.3 is 6.18 Å². The molecule has 1 aliphatic heterocycles. The maximum Gasteiger partial charge on any atom is 0.436 e. The maximum absolute atomic E-state index is 14.1. The number of rotatable bonds is 2. The van der Waals surface area contributed by atoms with Crippen molar-refractivity contribution in [3.8, 4) is 0 Å². The minimum Gasteiger partial charge on any atom is -0.349 e. The topological polar surface area (TPSA) is 57.8 Å². The summed E-state index contributed by atoms with van der Waals surface area (Å²) >= 11 is 0. The van der Waals surface area contributed by atoms with Gasteiger partial charge in [0.05, 0.1) is 11.7 Å². The van der Waals surface area contributed by atoms with E-state index < -0.39 is 31.7 Å². The molecule has 1 amide bonds. The first kappa shape index (κ1) is 17.9. The zero-order chi connectivity index (χ0) is 18.4. The third-order valence-electron chi connectivity index (χ3n) is 4.80. The van der Waals surface area contributed by atoms with Crippen LogP contribution >= 0.6 is 0 Å². The number of alkyl halides is 3. The van der Waals surface area contributed by atoms with Gasteiger partial charge in [-0.25, -0.2) is 9.37 Å². The molecule has 0 unspecified atom stereocenters. The highest BCUT2D eigenvalue weighted by molar-refractivity contribution is 6.77. The molecule has 0 saturated carbocycles. The van der Waals surface area contributed by atoms with E-state index in [0.29, 0.717) is 0 Å². The third-order valence-corrected chi connectivity index (χ3v) is 8.09. The van der Waals surface area contributed by atoms with Crippen LogP contribution in [0.1, 0.15) is 29.0 Å². The number of aromatic nitrogens is 2. The lowest BCUT2D eigenvalue weighted by molar-refractivity contribution is -0.143. The third kappa shape index (κ3) is 3.70. The Morgan fingerprint density at radius 2 is 1.96 bits per heavy atom. The van der Waals surface area contributed by atoms with Crippen LogP contribution in [0.3, 0.4) is 0 Å². The lowest BCUT2D eigenvalue weighted by atomic mass is 10.1. The minimum absolute atomic E-state index is 0.0390. The largest absolute Gasteiger partial charge is 0.436 e. The van der Waals surface area contributed by atoms with Crippen LogP contribution in [0.15, 0.2) is 12.3 Å². The fourth-order valence-electron chi connectivity index (χ4n) is 3.19. The van der Waals surface area contributed by atoms with Crippen LogP contribution in [0.25, 0.3) is 10.9 Å². The van der Waals surface area contributed by atoms with E-state index in [2.05, 4.69) is 28.4 Å². The van der Waals surface area contributed by atoms with Gasteiger partial charge in [-0.3, -0.25) is 4.79 Å². The molecule has 25 heavy (non-hydrogen) atoms. The zero-order valence-electron chi connectivity index (χ0n) is 13.9. The van der Waals surface area contributed by atoms with Crippen molar-refractivity contribution in [2.45, 2.75) is 50.2 Å². The Hall–Kier alpha value is -1.90. The predicted molar refractivity (Wildman–Crippen MR) is 88.6 cm³/mol. The molecule has 3 heterocycles. The Bertz CT molecular complexity index is 806. The van der Waals surface area contributed by atoms with Crippen molar-refractivity contribution in [2.75, 3.05) is 0 Å². The van der Waals surface area contributed by atoms with Crippen molar-refractivity contribution in [3.05, 3.63) is 29.5 Å². The summed E-state index contributed by atoms with van der Waals surface area (Å²) in [6, 6.07) is 3.41. The number of H-pyrrole nitrogens is 1. The van der Waals surface area contributed by atoms with E-state index >= 15 is 0 Å².